The average Bonchev–Trinajstić information content (AvgIpc) is 3.12. The molecule has 3 rings (SSSR count). The van der Waals surface area contributed by atoms with Crippen LogP contribution >= 0.6 is 11.6 Å². The molecule has 0 aliphatic rings. The highest BCUT2D eigenvalue weighted by Crippen LogP contribution is 2.28. The van der Waals surface area contributed by atoms with Crippen LogP contribution in [0.4, 0.5) is 10.2 Å². The fourth-order valence-electron chi connectivity index (χ4n) is 3.02. The van der Waals surface area contributed by atoms with Crippen LogP contribution in [0.25, 0.3) is 5.69 Å². The molecule has 1 heterocycles. The van der Waals surface area contributed by atoms with Gasteiger partial charge in [0.25, 0.3) is 5.91 Å². The number of hydrogen-bond donors (Lipinski definition) is 2. The standard InChI is InChI=1S/C23H26ClFN4O3S/c1-14(2)28-33(31,32)17-10-11-19(24)18(12-17)22(30)26-21-13-20(23(3,4)5)27-29(21)16-8-6-15(25)7-9-16/h6-14,28H,1-5H3,(H,26,30). The van der Waals surface area contributed by atoms with E-state index in [1.807, 2.05) is 20.8 Å². The summed E-state index contributed by atoms with van der Waals surface area (Å²) in [4.78, 5) is 13.0. The van der Waals surface area contributed by atoms with Gasteiger partial charge in [-0.2, -0.15) is 5.10 Å². The van der Waals surface area contributed by atoms with E-state index in [0.29, 0.717) is 17.2 Å². The van der Waals surface area contributed by atoms with Gasteiger partial charge in [0.05, 0.1) is 26.9 Å². The van der Waals surface area contributed by atoms with Crippen molar-refractivity contribution in [1.29, 1.82) is 0 Å². The number of nitrogens with one attached hydrogen (secondary N) is 2. The number of amides is 1. The predicted molar refractivity (Wildman–Crippen MR) is 127 cm³/mol. The molecule has 1 aromatic heterocycles. The summed E-state index contributed by atoms with van der Waals surface area (Å²) in [5.41, 5.74) is 0.919. The number of halogens is 2. The monoisotopic (exact) mass is 492 g/mol. The van der Waals surface area contributed by atoms with Crippen molar-refractivity contribution in [1.82, 2.24) is 14.5 Å². The third-order valence-electron chi connectivity index (χ3n) is 4.67. The number of carbonyl (C=O) groups excluding carboxylic acids is 1. The second-order valence-corrected chi connectivity index (χ2v) is 11.0. The van der Waals surface area contributed by atoms with Gasteiger partial charge < -0.3 is 5.32 Å². The van der Waals surface area contributed by atoms with Crippen molar-refractivity contribution < 1.29 is 17.6 Å². The van der Waals surface area contributed by atoms with Crippen LogP contribution in [-0.4, -0.2) is 30.1 Å². The highest BCUT2D eigenvalue weighted by molar-refractivity contribution is 7.89. The largest absolute Gasteiger partial charge is 0.306 e. The third-order valence-corrected chi connectivity index (χ3v) is 6.66. The van der Waals surface area contributed by atoms with Gasteiger partial charge in [-0.05, 0) is 56.3 Å². The summed E-state index contributed by atoms with van der Waals surface area (Å²) in [5.74, 6) is -0.668. The molecule has 0 aliphatic heterocycles. The summed E-state index contributed by atoms with van der Waals surface area (Å²) in [5, 5.41) is 7.44. The zero-order chi connectivity index (χ0) is 24.6. The summed E-state index contributed by atoms with van der Waals surface area (Å²) in [6.45, 7) is 9.32. The Bertz CT molecular complexity index is 1280. The van der Waals surface area contributed by atoms with E-state index in [1.165, 1.54) is 35.0 Å². The maximum atomic E-state index is 13.4. The fraction of sp³-hybridized carbons (Fsp3) is 0.304. The molecule has 3 aromatic rings. The fourth-order valence-corrected chi connectivity index (χ4v) is 4.50. The zero-order valence-corrected chi connectivity index (χ0v) is 20.6. The quantitative estimate of drug-likeness (QED) is 0.511. The number of rotatable bonds is 6. The van der Waals surface area contributed by atoms with Crippen molar-refractivity contribution in [2.45, 2.75) is 51.0 Å². The molecule has 1 amide bonds. The molecule has 2 aromatic carbocycles. The van der Waals surface area contributed by atoms with Gasteiger partial charge in [-0.25, -0.2) is 22.2 Å². The number of carbonyl (C=O) groups is 1. The molecule has 0 radical (unpaired) electrons. The predicted octanol–water partition coefficient (Wildman–Crippen LogP) is 4.90. The van der Waals surface area contributed by atoms with Crippen molar-refractivity contribution >= 4 is 33.3 Å². The average molecular weight is 493 g/mol. The zero-order valence-electron chi connectivity index (χ0n) is 19.0. The van der Waals surface area contributed by atoms with E-state index < -0.39 is 21.7 Å². The molecule has 0 unspecified atom stereocenters. The van der Waals surface area contributed by atoms with Gasteiger partial charge in [0.1, 0.15) is 11.6 Å². The minimum absolute atomic E-state index is 0.00698. The Kier molecular flexibility index (Phi) is 6.97. The normalized spacial score (nSPS) is 12.2. The van der Waals surface area contributed by atoms with Gasteiger partial charge in [-0.1, -0.05) is 32.4 Å². The van der Waals surface area contributed by atoms with Crippen LogP contribution in [0, 0.1) is 5.82 Å². The van der Waals surface area contributed by atoms with Crippen molar-refractivity contribution in [2.24, 2.45) is 0 Å². The first kappa shape index (κ1) is 24.9. The number of hydrogen-bond acceptors (Lipinski definition) is 4. The minimum Gasteiger partial charge on any atom is -0.306 e. The molecule has 0 atom stereocenters. The van der Waals surface area contributed by atoms with E-state index in [1.54, 1.807) is 32.0 Å². The maximum Gasteiger partial charge on any atom is 0.258 e. The van der Waals surface area contributed by atoms with Gasteiger partial charge in [-0.15, -0.1) is 0 Å². The van der Waals surface area contributed by atoms with E-state index in [-0.39, 0.29) is 26.9 Å². The SMILES string of the molecule is CC(C)NS(=O)(=O)c1ccc(Cl)c(C(=O)Nc2cc(C(C)(C)C)nn2-c2ccc(F)cc2)c1. The molecule has 0 bridgehead atoms. The molecule has 0 aliphatic carbocycles. The van der Waals surface area contributed by atoms with E-state index in [4.69, 9.17) is 11.6 Å². The third kappa shape index (κ3) is 5.79. The van der Waals surface area contributed by atoms with Gasteiger partial charge in [0, 0.05) is 17.5 Å². The van der Waals surface area contributed by atoms with Gasteiger partial charge in [-0.3, -0.25) is 4.79 Å². The Labute approximate surface area is 198 Å². The Balaban J connectivity index is 2.02. The van der Waals surface area contributed by atoms with Crippen molar-refractivity contribution in [3.05, 3.63) is 70.6 Å². The van der Waals surface area contributed by atoms with Crippen molar-refractivity contribution in [3.63, 3.8) is 0 Å². The Hall–Kier alpha value is -2.75. The van der Waals surface area contributed by atoms with E-state index in [2.05, 4.69) is 15.1 Å². The Morgan fingerprint density at radius 1 is 1.09 bits per heavy atom. The Morgan fingerprint density at radius 3 is 2.30 bits per heavy atom. The molecule has 176 valence electrons. The molecule has 2 N–H and O–H groups in total. The molecule has 33 heavy (non-hydrogen) atoms. The van der Waals surface area contributed by atoms with Crippen LogP contribution in [0.2, 0.25) is 5.02 Å². The summed E-state index contributed by atoms with van der Waals surface area (Å²) in [7, 11) is -3.82. The smallest absolute Gasteiger partial charge is 0.258 e. The molecule has 0 fully saturated rings. The number of aromatic nitrogens is 2. The molecular formula is C23H26ClFN4O3S. The first-order chi connectivity index (χ1) is 15.3. The molecule has 7 nitrogen and oxygen atoms in total. The molecule has 0 saturated heterocycles. The van der Waals surface area contributed by atoms with Crippen LogP contribution < -0.4 is 10.0 Å². The maximum absolute atomic E-state index is 13.4. The number of anilines is 1. The lowest BCUT2D eigenvalue weighted by Crippen LogP contribution is -2.30. The lowest BCUT2D eigenvalue weighted by Gasteiger charge is -2.14. The minimum atomic E-state index is -3.82. The molecular weight excluding hydrogens is 467 g/mol. The highest BCUT2D eigenvalue weighted by atomic mass is 35.5. The van der Waals surface area contributed by atoms with Gasteiger partial charge in [0.2, 0.25) is 10.0 Å². The van der Waals surface area contributed by atoms with Gasteiger partial charge >= 0.3 is 0 Å². The highest BCUT2D eigenvalue weighted by Gasteiger charge is 2.24. The lowest BCUT2D eigenvalue weighted by atomic mass is 9.92. The first-order valence-corrected chi connectivity index (χ1v) is 12.1. The second kappa shape index (κ2) is 9.24. The first-order valence-electron chi connectivity index (χ1n) is 10.3. The number of sulfonamides is 1. The van der Waals surface area contributed by atoms with Crippen molar-refractivity contribution in [2.75, 3.05) is 5.32 Å². The molecule has 0 saturated carbocycles. The van der Waals surface area contributed by atoms with Crippen LogP contribution in [-0.2, 0) is 15.4 Å². The summed E-state index contributed by atoms with van der Waals surface area (Å²) < 4.78 is 42.5. The van der Waals surface area contributed by atoms with Crippen molar-refractivity contribution in [3.8, 4) is 5.69 Å². The molecule has 0 spiro atoms. The van der Waals surface area contributed by atoms with E-state index in [9.17, 15) is 17.6 Å². The topological polar surface area (TPSA) is 93.1 Å². The van der Waals surface area contributed by atoms with E-state index in [0.717, 1.165) is 0 Å². The Morgan fingerprint density at radius 2 is 1.73 bits per heavy atom. The molecule has 10 heteroatoms. The lowest BCUT2D eigenvalue weighted by molar-refractivity contribution is 0.102. The summed E-state index contributed by atoms with van der Waals surface area (Å²) in [6, 6.07) is 11.0. The number of benzene rings is 2. The van der Waals surface area contributed by atoms with Crippen LogP contribution in [0.3, 0.4) is 0 Å². The summed E-state index contributed by atoms with van der Waals surface area (Å²) >= 11 is 6.22. The van der Waals surface area contributed by atoms with E-state index >= 15 is 0 Å². The second-order valence-electron chi connectivity index (χ2n) is 8.92. The van der Waals surface area contributed by atoms with Crippen LogP contribution in [0.1, 0.15) is 50.7 Å². The van der Waals surface area contributed by atoms with Crippen LogP contribution in [0.15, 0.2) is 53.4 Å². The van der Waals surface area contributed by atoms with Gasteiger partial charge in [0.15, 0.2) is 0 Å². The summed E-state index contributed by atoms with van der Waals surface area (Å²) in [6.07, 6.45) is 0. The number of nitrogens with zero attached hydrogens (tertiary/aromatic N) is 2. The van der Waals surface area contributed by atoms with Crippen LogP contribution in [0.5, 0.6) is 0 Å².